The number of carboxylic acid groups (broad SMARTS) is 1. The van der Waals surface area contributed by atoms with Gasteiger partial charge in [-0.1, -0.05) is 25.5 Å². The Labute approximate surface area is 158 Å². The maximum Gasteiger partial charge on any atom is 0.307 e. The van der Waals surface area contributed by atoms with Crippen LogP contribution in [0.3, 0.4) is 0 Å². The molecule has 0 saturated heterocycles. The van der Waals surface area contributed by atoms with E-state index in [1.54, 1.807) is 0 Å². The first-order valence-corrected chi connectivity index (χ1v) is 9.34. The zero-order valence-electron chi connectivity index (χ0n) is 15.7. The molecule has 3 aromatic rings. The first-order chi connectivity index (χ1) is 13.1. The van der Waals surface area contributed by atoms with E-state index in [-0.39, 0.29) is 6.42 Å². The number of hydrogen-bond donors (Lipinski definition) is 2. The predicted molar refractivity (Wildman–Crippen MR) is 107 cm³/mol. The minimum Gasteiger partial charge on any atom is -0.494 e. The lowest BCUT2D eigenvalue weighted by atomic mass is 10.0. The molecule has 0 unspecified atom stereocenters. The highest BCUT2D eigenvalue weighted by Gasteiger charge is 2.17. The van der Waals surface area contributed by atoms with Crippen LogP contribution >= 0.6 is 0 Å². The molecule has 2 aromatic carbocycles. The van der Waals surface area contributed by atoms with Gasteiger partial charge in [0.1, 0.15) is 11.5 Å². The molecule has 2 N–H and O–H groups in total. The van der Waals surface area contributed by atoms with Crippen molar-refractivity contribution in [2.24, 2.45) is 0 Å². The zero-order chi connectivity index (χ0) is 19.2. The van der Waals surface area contributed by atoms with Crippen LogP contribution < -0.4 is 9.47 Å². The third-order valence-electron chi connectivity index (χ3n) is 4.41. The summed E-state index contributed by atoms with van der Waals surface area (Å²) in [6.45, 7) is 5.29. The molecule has 1 aromatic heterocycles. The summed E-state index contributed by atoms with van der Waals surface area (Å²) < 4.78 is 11.4. The number of H-pyrrole nitrogens is 1. The molecule has 0 spiro atoms. The summed E-state index contributed by atoms with van der Waals surface area (Å²) in [4.78, 5) is 14.9. The number of carbonyl (C=O) groups is 1. The van der Waals surface area contributed by atoms with Gasteiger partial charge in [0, 0.05) is 16.5 Å². The van der Waals surface area contributed by atoms with E-state index in [0.29, 0.717) is 13.2 Å². The van der Waals surface area contributed by atoms with Gasteiger partial charge < -0.3 is 19.6 Å². The van der Waals surface area contributed by atoms with E-state index >= 15 is 0 Å². The fourth-order valence-corrected chi connectivity index (χ4v) is 3.14. The van der Waals surface area contributed by atoms with Crippen molar-refractivity contribution in [2.45, 2.75) is 33.1 Å². The minimum absolute atomic E-state index is 0.0629. The van der Waals surface area contributed by atoms with E-state index in [4.69, 9.17) is 9.47 Å². The largest absolute Gasteiger partial charge is 0.494 e. The molecule has 0 aliphatic heterocycles. The minimum atomic E-state index is -0.865. The zero-order valence-corrected chi connectivity index (χ0v) is 15.7. The van der Waals surface area contributed by atoms with Crippen molar-refractivity contribution in [3.8, 4) is 22.8 Å². The molecule has 3 rings (SSSR count). The molecule has 0 atom stereocenters. The molecule has 0 aliphatic carbocycles. The lowest BCUT2D eigenvalue weighted by Crippen LogP contribution is -2.01. The van der Waals surface area contributed by atoms with Gasteiger partial charge in [-0.25, -0.2) is 0 Å². The van der Waals surface area contributed by atoms with Crippen molar-refractivity contribution in [1.82, 2.24) is 4.98 Å². The number of aliphatic carboxylic acids is 1. The topological polar surface area (TPSA) is 71.5 Å². The van der Waals surface area contributed by atoms with Crippen molar-refractivity contribution in [2.75, 3.05) is 13.2 Å². The van der Waals surface area contributed by atoms with Crippen molar-refractivity contribution in [3.05, 3.63) is 48.0 Å². The molecule has 0 aliphatic rings. The Hall–Kier alpha value is -2.95. The highest BCUT2D eigenvalue weighted by molar-refractivity contribution is 5.94. The molecule has 142 valence electrons. The van der Waals surface area contributed by atoms with Crippen molar-refractivity contribution >= 4 is 16.9 Å². The molecule has 0 fully saturated rings. The summed E-state index contributed by atoms with van der Waals surface area (Å²) in [7, 11) is 0. The quantitative estimate of drug-likeness (QED) is 0.520. The number of hydrogen-bond acceptors (Lipinski definition) is 3. The number of aromatic amines is 1. The van der Waals surface area contributed by atoms with Crippen LogP contribution in [0.25, 0.3) is 22.2 Å². The first kappa shape index (κ1) is 18.8. The number of unbranched alkanes of at least 4 members (excludes halogenated alkanes) is 1. The average Bonchev–Trinajstić information content (AvgIpc) is 3.00. The summed E-state index contributed by atoms with van der Waals surface area (Å²) in [5.41, 5.74) is 3.36. The highest BCUT2D eigenvalue weighted by Crippen LogP contribution is 2.34. The summed E-state index contributed by atoms with van der Waals surface area (Å²) in [6.07, 6.45) is 1.99. The van der Waals surface area contributed by atoms with Crippen LogP contribution in [-0.2, 0) is 11.2 Å². The Kier molecular flexibility index (Phi) is 6.01. The lowest BCUT2D eigenvalue weighted by molar-refractivity contribution is -0.136. The molecular weight excluding hydrogens is 342 g/mol. The second kappa shape index (κ2) is 8.62. The van der Waals surface area contributed by atoms with Gasteiger partial charge in [-0.3, -0.25) is 4.79 Å². The molecule has 0 bridgehead atoms. The number of benzene rings is 2. The third-order valence-corrected chi connectivity index (χ3v) is 4.41. The van der Waals surface area contributed by atoms with Gasteiger partial charge in [-0.05, 0) is 49.2 Å². The molecule has 0 amide bonds. The first-order valence-electron chi connectivity index (χ1n) is 9.34. The van der Waals surface area contributed by atoms with Crippen LogP contribution in [0.2, 0.25) is 0 Å². The van der Waals surface area contributed by atoms with Crippen LogP contribution in [0.15, 0.2) is 42.5 Å². The average molecular weight is 367 g/mol. The number of fused-ring (bicyclic) bond motifs is 1. The second-order valence-corrected chi connectivity index (χ2v) is 6.42. The summed E-state index contributed by atoms with van der Waals surface area (Å²) >= 11 is 0. The van der Waals surface area contributed by atoms with Gasteiger partial charge in [0.25, 0.3) is 0 Å². The van der Waals surface area contributed by atoms with Crippen molar-refractivity contribution < 1.29 is 19.4 Å². The van der Waals surface area contributed by atoms with Crippen LogP contribution in [0.5, 0.6) is 11.5 Å². The van der Waals surface area contributed by atoms with Gasteiger partial charge in [0.15, 0.2) is 0 Å². The Morgan fingerprint density at radius 2 is 1.89 bits per heavy atom. The molecular formula is C22H25NO4. The van der Waals surface area contributed by atoms with Gasteiger partial charge in [-0.15, -0.1) is 0 Å². The molecule has 5 nitrogen and oxygen atoms in total. The Morgan fingerprint density at radius 1 is 1.07 bits per heavy atom. The van der Waals surface area contributed by atoms with Crippen LogP contribution in [-0.4, -0.2) is 29.3 Å². The van der Waals surface area contributed by atoms with E-state index in [1.165, 1.54) is 0 Å². The third kappa shape index (κ3) is 4.42. The number of nitrogens with one attached hydrogen (secondary N) is 1. The number of carboxylic acids is 1. The monoisotopic (exact) mass is 367 g/mol. The number of ether oxygens (including phenoxy) is 2. The van der Waals surface area contributed by atoms with Gasteiger partial charge >= 0.3 is 5.97 Å². The fourth-order valence-electron chi connectivity index (χ4n) is 3.14. The van der Waals surface area contributed by atoms with Gasteiger partial charge in [0.05, 0.1) is 25.3 Å². The molecule has 1 heterocycles. The van der Waals surface area contributed by atoms with Crippen LogP contribution in [0.1, 0.15) is 32.3 Å². The SMILES string of the molecule is CCCCOc1ccc2[nH]c(-c3cccc(OCC)c3)c(CC(=O)O)c2c1. The van der Waals surface area contributed by atoms with E-state index in [9.17, 15) is 9.90 Å². The smallest absolute Gasteiger partial charge is 0.307 e. The molecule has 0 radical (unpaired) electrons. The normalized spacial score (nSPS) is 10.9. The standard InChI is InChI=1S/C22H25NO4/c1-3-5-11-27-17-9-10-20-18(13-17)19(14-21(24)25)22(23-20)15-7-6-8-16(12-15)26-4-2/h6-10,12-13,23H,3-5,11,14H2,1-2H3,(H,24,25). The van der Waals surface area contributed by atoms with E-state index < -0.39 is 5.97 Å². The van der Waals surface area contributed by atoms with Crippen molar-refractivity contribution in [3.63, 3.8) is 0 Å². The maximum atomic E-state index is 11.5. The Bertz CT molecular complexity index is 929. The van der Waals surface area contributed by atoms with Crippen LogP contribution in [0, 0.1) is 0 Å². The van der Waals surface area contributed by atoms with Gasteiger partial charge in [0.2, 0.25) is 0 Å². The summed E-state index contributed by atoms with van der Waals surface area (Å²) in [5.74, 6) is 0.658. The molecule has 27 heavy (non-hydrogen) atoms. The Balaban J connectivity index is 2.06. The number of aromatic nitrogens is 1. The second-order valence-electron chi connectivity index (χ2n) is 6.42. The number of rotatable bonds is 9. The molecule has 5 heteroatoms. The Morgan fingerprint density at radius 3 is 2.63 bits per heavy atom. The van der Waals surface area contributed by atoms with E-state index in [1.807, 2.05) is 49.4 Å². The molecule has 0 saturated carbocycles. The van der Waals surface area contributed by atoms with Crippen LogP contribution in [0.4, 0.5) is 0 Å². The van der Waals surface area contributed by atoms with E-state index in [0.717, 1.165) is 52.1 Å². The van der Waals surface area contributed by atoms with Crippen molar-refractivity contribution in [1.29, 1.82) is 0 Å². The van der Waals surface area contributed by atoms with Gasteiger partial charge in [-0.2, -0.15) is 0 Å². The highest BCUT2D eigenvalue weighted by atomic mass is 16.5. The maximum absolute atomic E-state index is 11.5. The lowest BCUT2D eigenvalue weighted by Gasteiger charge is -2.07. The fraction of sp³-hybridized carbons (Fsp3) is 0.318. The van der Waals surface area contributed by atoms with E-state index in [2.05, 4.69) is 11.9 Å². The summed E-state index contributed by atoms with van der Waals surface area (Å²) in [6, 6.07) is 13.5. The predicted octanol–water partition coefficient (Wildman–Crippen LogP) is 5.04. The summed E-state index contributed by atoms with van der Waals surface area (Å²) in [5, 5.41) is 10.3.